The Kier molecular flexibility index (Phi) is 4.72. The summed E-state index contributed by atoms with van der Waals surface area (Å²) in [4.78, 5) is 10.9. The molecule has 5 nitrogen and oxygen atoms in total. The van der Waals surface area contributed by atoms with Gasteiger partial charge in [0.2, 0.25) is 0 Å². The maximum Gasteiger partial charge on any atom is 0.411 e. The molecule has 0 saturated carbocycles. The number of anilines is 1. The van der Waals surface area contributed by atoms with Crippen LogP contribution in [0.3, 0.4) is 0 Å². The molecular weight excluding hydrogens is 325 g/mol. The molecule has 0 radical (unpaired) electrons. The molecule has 1 aromatic carbocycles. The Morgan fingerprint density at radius 1 is 1.39 bits per heavy atom. The van der Waals surface area contributed by atoms with E-state index < -0.39 is 15.1 Å². The molecule has 1 amide bonds. The number of hydrogen-bond donors (Lipinski definition) is 1. The van der Waals surface area contributed by atoms with Crippen molar-refractivity contribution in [1.82, 2.24) is 0 Å². The first kappa shape index (κ1) is 15.4. The summed E-state index contributed by atoms with van der Waals surface area (Å²) in [6.07, 6.45) is -0.778. The lowest BCUT2D eigenvalue weighted by molar-refractivity contribution is 0.187. The second-order valence-corrected chi connectivity index (χ2v) is 6.54. The number of methoxy groups -OCH3 is 1. The van der Waals surface area contributed by atoms with E-state index in [9.17, 15) is 13.2 Å². The van der Waals surface area contributed by atoms with Gasteiger partial charge >= 0.3 is 6.09 Å². The van der Waals surface area contributed by atoms with Crippen LogP contribution in [0.15, 0.2) is 11.0 Å². The van der Waals surface area contributed by atoms with Crippen molar-refractivity contribution in [3.8, 4) is 0 Å². The summed E-state index contributed by atoms with van der Waals surface area (Å²) >= 11 is 11.8. The summed E-state index contributed by atoms with van der Waals surface area (Å²) < 4.78 is 27.0. The highest BCUT2D eigenvalue weighted by atomic mass is 35.7. The van der Waals surface area contributed by atoms with Crippen LogP contribution < -0.4 is 5.32 Å². The van der Waals surface area contributed by atoms with Crippen molar-refractivity contribution in [2.24, 2.45) is 0 Å². The van der Waals surface area contributed by atoms with E-state index in [1.54, 1.807) is 0 Å². The number of amides is 1. The monoisotopic (exact) mass is 331 g/mol. The molecule has 1 rings (SSSR count). The lowest BCUT2D eigenvalue weighted by Crippen LogP contribution is -2.12. The highest BCUT2D eigenvalue weighted by Crippen LogP contribution is 2.38. The van der Waals surface area contributed by atoms with Crippen LogP contribution in [0.1, 0.15) is 5.56 Å². The number of benzene rings is 1. The first-order valence-corrected chi connectivity index (χ1v) is 7.53. The van der Waals surface area contributed by atoms with Crippen LogP contribution in [0, 0.1) is 6.92 Å². The van der Waals surface area contributed by atoms with Gasteiger partial charge in [-0.05, 0) is 18.6 Å². The third-order valence-electron chi connectivity index (χ3n) is 2.09. The zero-order chi connectivity index (χ0) is 14.1. The van der Waals surface area contributed by atoms with Crippen LogP contribution >= 0.6 is 33.9 Å². The number of ether oxygens (including phenoxy) is 1. The molecule has 0 aromatic heterocycles. The van der Waals surface area contributed by atoms with Crippen LogP contribution in [0.2, 0.25) is 10.0 Å². The molecule has 9 heteroatoms. The zero-order valence-electron chi connectivity index (χ0n) is 9.25. The van der Waals surface area contributed by atoms with E-state index in [0.29, 0.717) is 0 Å². The molecule has 1 N–H and O–H groups in total. The number of nitrogens with one attached hydrogen (secondary N) is 1. The largest absolute Gasteiger partial charge is 0.453 e. The summed E-state index contributed by atoms with van der Waals surface area (Å²) in [5, 5.41) is 2.20. The lowest BCUT2D eigenvalue weighted by atomic mass is 10.2. The van der Waals surface area contributed by atoms with E-state index in [0.717, 1.165) is 6.07 Å². The fourth-order valence-electron chi connectivity index (χ4n) is 1.22. The fraction of sp³-hybridized carbons (Fsp3) is 0.222. The van der Waals surface area contributed by atoms with Gasteiger partial charge < -0.3 is 4.74 Å². The van der Waals surface area contributed by atoms with Gasteiger partial charge in [-0.1, -0.05) is 23.2 Å². The maximum atomic E-state index is 11.3. The summed E-state index contributed by atoms with van der Waals surface area (Å²) in [6, 6.07) is 1.11. The molecule has 0 saturated heterocycles. The number of halogens is 3. The third kappa shape index (κ3) is 3.20. The van der Waals surface area contributed by atoms with Crippen LogP contribution in [-0.4, -0.2) is 21.6 Å². The minimum absolute atomic E-state index is 0.0212. The summed E-state index contributed by atoms with van der Waals surface area (Å²) in [5.74, 6) is 0. The maximum absolute atomic E-state index is 11.3. The van der Waals surface area contributed by atoms with Crippen LogP contribution in [0.5, 0.6) is 0 Å². The van der Waals surface area contributed by atoms with E-state index in [2.05, 4.69) is 10.1 Å². The Morgan fingerprint density at radius 2 is 1.94 bits per heavy atom. The standard InChI is InChI=1S/C9H8Cl3NO4S/c1-4-6(18(12,15)16)3-5(10)8(7(4)11)13-9(14)17-2/h3H,1-2H3,(H,13,14). The molecule has 0 aliphatic carbocycles. The molecule has 0 aliphatic heterocycles. The SMILES string of the molecule is COC(=O)Nc1c(Cl)cc(S(=O)(=O)Cl)c(C)c1Cl. The normalized spacial score (nSPS) is 11.2. The average molecular weight is 333 g/mol. The van der Waals surface area contributed by atoms with Crippen molar-refractivity contribution in [3.05, 3.63) is 21.7 Å². The molecule has 0 fully saturated rings. The topological polar surface area (TPSA) is 72.5 Å². The molecular formula is C9H8Cl3NO4S. The average Bonchev–Trinajstić information content (AvgIpc) is 2.27. The van der Waals surface area contributed by atoms with Gasteiger partial charge in [0.25, 0.3) is 9.05 Å². The molecule has 0 spiro atoms. The van der Waals surface area contributed by atoms with E-state index >= 15 is 0 Å². The van der Waals surface area contributed by atoms with Gasteiger partial charge in [-0.3, -0.25) is 5.32 Å². The molecule has 0 atom stereocenters. The molecule has 0 heterocycles. The molecule has 0 unspecified atom stereocenters. The number of carbonyl (C=O) groups excluding carboxylic acids is 1. The highest BCUT2D eigenvalue weighted by molar-refractivity contribution is 8.13. The lowest BCUT2D eigenvalue weighted by Gasteiger charge is -2.12. The fourth-order valence-corrected chi connectivity index (χ4v) is 3.09. The second kappa shape index (κ2) is 5.52. The van der Waals surface area contributed by atoms with Crippen molar-refractivity contribution in [2.75, 3.05) is 12.4 Å². The second-order valence-electron chi connectivity index (χ2n) is 3.22. The van der Waals surface area contributed by atoms with Crippen molar-refractivity contribution in [2.45, 2.75) is 11.8 Å². The summed E-state index contributed by atoms with van der Waals surface area (Å²) in [6.45, 7) is 1.44. The van der Waals surface area contributed by atoms with Crippen molar-refractivity contribution < 1.29 is 17.9 Å². The summed E-state index contributed by atoms with van der Waals surface area (Å²) in [5.41, 5.74) is 0.245. The molecule has 0 aliphatic rings. The Morgan fingerprint density at radius 3 is 2.39 bits per heavy atom. The van der Waals surface area contributed by atoms with Gasteiger partial charge in [-0.15, -0.1) is 0 Å². The van der Waals surface area contributed by atoms with Crippen LogP contribution in [-0.2, 0) is 13.8 Å². The van der Waals surface area contributed by atoms with Crippen LogP contribution in [0.4, 0.5) is 10.5 Å². The predicted molar refractivity (Wildman–Crippen MR) is 70.3 cm³/mol. The Bertz CT molecular complexity index is 600. The minimum atomic E-state index is -3.97. The zero-order valence-corrected chi connectivity index (χ0v) is 12.3. The van der Waals surface area contributed by atoms with E-state index in [1.807, 2.05) is 0 Å². The van der Waals surface area contributed by atoms with E-state index in [-0.39, 0.29) is 26.2 Å². The van der Waals surface area contributed by atoms with Crippen molar-refractivity contribution in [1.29, 1.82) is 0 Å². The third-order valence-corrected chi connectivity index (χ3v) is 4.31. The van der Waals surface area contributed by atoms with Gasteiger partial charge in [0.05, 0.1) is 27.7 Å². The van der Waals surface area contributed by atoms with Crippen molar-refractivity contribution >= 4 is 54.7 Å². The van der Waals surface area contributed by atoms with Gasteiger partial charge in [-0.2, -0.15) is 0 Å². The Hall–Kier alpha value is -0.690. The van der Waals surface area contributed by atoms with Crippen LogP contribution in [0.25, 0.3) is 0 Å². The summed E-state index contributed by atoms with van der Waals surface area (Å²) in [7, 11) is 2.43. The van der Waals surface area contributed by atoms with Gasteiger partial charge in [0.15, 0.2) is 0 Å². The Balaban J connectivity index is 3.43. The smallest absolute Gasteiger partial charge is 0.411 e. The van der Waals surface area contributed by atoms with E-state index in [1.165, 1.54) is 14.0 Å². The molecule has 0 bridgehead atoms. The van der Waals surface area contributed by atoms with Crippen molar-refractivity contribution in [3.63, 3.8) is 0 Å². The van der Waals surface area contributed by atoms with Gasteiger partial charge in [0, 0.05) is 10.7 Å². The molecule has 1 aromatic rings. The molecule has 100 valence electrons. The first-order chi connectivity index (χ1) is 8.18. The highest BCUT2D eigenvalue weighted by Gasteiger charge is 2.21. The first-order valence-electron chi connectivity index (χ1n) is 4.46. The minimum Gasteiger partial charge on any atom is -0.453 e. The Labute approximate surface area is 118 Å². The number of carbonyl (C=O) groups is 1. The number of hydrogen-bond acceptors (Lipinski definition) is 4. The van der Waals surface area contributed by atoms with Gasteiger partial charge in [-0.25, -0.2) is 13.2 Å². The van der Waals surface area contributed by atoms with E-state index in [4.69, 9.17) is 33.9 Å². The number of rotatable bonds is 2. The predicted octanol–water partition coefficient (Wildman–Crippen LogP) is 3.41. The van der Waals surface area contributed by atoms with Gasteiger partial charge in [0.1, 0.15) is 0 Å². The quantitative estimate of drug-likeness (QED) is 0.842. The molecule has 18 heavy (non-hydrogen) atoms.